The Labute approximate surface area is 149 Å². The fraction of sp³-hybridized carbons (Fsp3) is 0.412. The number of halogens is 1. The maximum absolute atomic E-state index is 12.0. The largest absolute Gasteiger partial charge is 0.480 e. The molecule has 2 aromatic rings. The summed E-state index contributed by atoms with van der Waals surface area (Å²) in [6.45, 7) is 0. The monoisotopic (exact) mass is 363 g/mol. The van der Waals surface area contributed by atoms with Gasteiger partial charge in [0.25, 0.3) is 0 Å². The fourth-order valence-corrected chi connectivity index (χ4v) is 2.59. The summed E-state index contributed by atoms with van der Waals surface area (Å²) >= 11 is 5.84. The standard InChI is InChI=1S/C17H18ClN3O4/c18-12-5-3-11(4-6-12)16-20-15(25-21-16)8-7-14(22)19-13(17(23)24)9-10-1-2-10/h3-6,10,13H,1-2,7-9H2,(H,19,22)(H,23,24). The molecule has 0 saturated heterocycles. The van der Waals surface area contributed by atoms with Gasteiger partial charge < -0.3 is 14.9 Å². The lowest BCUT2D eigenvalue weighted by Crippen LogP contribution is -2.41. The molecule has 0 radical (unpaired) electrons. The number of carboxylic acid groups (broad SMARTS) is 1. The summed E-state index contributed by atoms with van der Waals surface area (Å²) in [5.41, 5.74) is 0.763. The molecule has 1 amide bonds. The second-order valence-electron chi connectivity index (χ2n) is 6.16. The van der Waals surface area contributed by atoms with E-state index in [9.17, 15) is 9.59 Å². The van der Waals surface area contributed by atoms with Crippen molar-refractivity contribution in [1.29, 1.82) is 0 Å². The van der Waals surface area contributed by atoms with Crippen molar-refractivity contribution in [2.24, 2.45) is 5.92 Å². The molecular formula is C17H18ClN3O4. The Bertz CT molecular complexity index is 756. The fourth-order valence-electron chi connectivity index (χ4n) is 2.47. The zero-order valence-electron chi connectivity index (χ0n) is 13.4. The molecule has 0 bridgehead atoms. The van der Waals surface area contributed by atoms with Crippen LogP contribution >= 0.6 is 11.6 Å². The van der Waals surface area contributed by atoms with Crippen LogP contribution in [-0.4, -0.2) is 33.2 Å². The van der Waals surface area contributed by atoms with E-state index in [1.807, 2.05) is 0 Å². The SMILES string of the molecule is O=C(CCc1nc(-c2ccc(Cl)cc2)no1)NC(CC1CC1)C(=O)O. The van der Waals surface area contributed by atoms with Gasteiger partial charge in [0.1, 0.15) is 6.04 Å². The number of hydrogen-bond donors (Lipinski definition) is 2. The number of hydrogen-bond acceptors (Lipinski definition) is 5. The Morgan fingerprint density at radius 2 is 2.04 bits per heavy atom. The minimum Gasteiger partial charge on any atom is -0.480 e. The second kappa shape index (κ2) is 7.65. The number of carbonyl (C=O) groups is 2. The lowest BCUT2D eigenvalue weighted by Gasteiger charge is -2.13. The highest BCUT2D eigenvalue weighted by molar-refractivity contribution is 6.30. The first-order chi connectivity index (χ1) is 12.0. The zero-order valence-corrected chi connectivity index (χ0v) is 14.2. The van der Waals surface area contributed by atoms with E-state index in [-0.39, 0.29) is 18.7 Å². The summed E-state index contributed by atoms with van der Waals surface area (Å²) in [4.78, 5) is 27.4. The third-order valence-electron chi connectivity index (χ3n) is 4.04. The van der Waals surface area contributed by atoms with Crippen LogP contribution < -0.4 is 5.32 Å². The third kappa shape index (κ3) is 5.03. The number of aliphatic carboxylic acids is 1. The van der Waals surface area contributed by atoms with Gasteiger partial charge in [0, 0.05) is 23.4 Å². The van der Waals surface area contributed by atoms with Crippen molar-refractivity contribution in [3.05, 3.63) is 35.2 Å². The van der Waals surface area contributed by atoms with Gasteiger partial charge in [-0.25, -0.2) is 4.79 Å². The summed E-state index contributed by atoms with van der Waals surface area (Å²) in [5, 5.41) is 16.2. The highest BCUT2D eigenvalue weighted by Gasteiger charge is 2.30. The van der Waals surface area contributed by atoms with Gasteiger partial charge in [-0.1, -0.05) is 29.6 Å². The van der Waals surface area contributed by atoms with Crippen LogP contribution in [0.3, 0.4) is 0 Å². The van der Waals surface area contributed by atoms with Gasteiger partial charge in [0.05, 0.1) is 0 Å². The summed E-state index contributed by atoms with van der Waals surface area (Å²) < 4.78 is 5.14. The van der Waals surface area contributed by atoms with Crippen molar-refractivity contribution in [1.82, 2.24) is 15.5 Å². The quantitative estimate of drug-likeness (QED) is 0.747. The molecular weight excluding hydrogens is 346 g/mol. The van der Waals surface area contributed by atoms with Gasteiger partial charge in [-0.2, -0.15) is 4.98 Å². The number of aromatic nitrogens is 2. The molecule has 0 spiro atoms. The first-order valence-corrected chi connectivity index (χ1v) is 8.50. The number of benzene rings is 1. The minimum absolute atomic E-state index is 0.0939. The zero-order chi connectivity index (χ0) is 17.8. The van der Waals surface area contributed by atoms with Crippen LogP contribution in [0.5, 0.6) is 0 Å². The van der Waals surface area contributed by atoms with E-state index >= 15 is 0 Å². The van der Waals surface area contributed by atoms with Crippen LogP contribution in [0.15, 0.2) is 28.8 Å². The van der Waals surface area contributed by atoms with Crippen LogP contribution in [0, 0.1) is 5.92 Å². The highest BCUT2D eigenvalue weighted by atomic mass is 35.5. The highest BCUT2D eigenvalue weighted by Crippen LogP contribution is 2.33. The lowest BCUT2D eigenvalue weighted by molar-refractivity contribution is -0.142. The molecule has 1 aromatic carbocycles. The van der Waals surface area contributed by atoms with E-state index in [1.165, 1.54) is 0 Å². The van der Waals surface area contributed by atoms with Crippen molar-refractivity contribution in [3.63, 3.8) is 0 Å². The number of rotatable bonds is 8. The lowest BCUT2D eigenvalue weighted by atomic mass is 10.1. The number of nitrogens with zero attached hydrogens (tertiary/aromatic N) is 2. The van der Waals surface area contributed by atoms with E-state index in [0.29, 0.717) is 29.1 Å². The molecule has 1 unspecified atom stereocenters. The maximum atomic E-state index is 12.0. The Hall–Kier alpha value is -2.41. The Balaban J connectivity index is 1.51. The maximum Gasteiger partial charge on any atom is 0.326 e. The van der Waals surface area contributed by atoms with Crippen LogP contribution in [0.2, 0.25) is 5.02 Å². The number of carboxylic acids is 1. The number of nitrogens with one attached hydrogen (secondary N) is 1. The van der Waals surface area contributed by atoms with E-state index in [4.69, 9.17) is 21.2 Å². The van der Waals surface area contributed by atoms with Crippen molar-refractivity contribution >= 4 is 23.5 Å². The molecule has 3 rings (SSSR count). The Morgan fingerprint density at radius 3 is 2.68 bits per heavy atom. The molecule has 132 valence electrons. The van der Waals surface area contributed by atoms with E-state index in [1.54, 1.807) is 24.3 Å². The molecule has 1 fully saturated rings. The van der Waals surface area contributed by atoms with Gasteiger partial charge in [-0.05, 0) is 36.6 Å². The van der Waals surface area contributed by atoms with Crippen molar-refractivity contribution < 1.29 is 19.2 Å². The molecule has 0 aliphatic heterocycles. The predicted octanol–water partition coefficient (Wildman–Crippen LogP) is 2.69. The number of aryl methyl sites for hydroxylation is 1. The minimum atomic E-state index is -0.997. The van der Waals surface area contributed by atoms with Crippen LogP contribution in [0.1, 0.15) is 31.6 Å². The van der Waals surface area contributed by atoms with E-state index in [2.05, 4.69) is 15.5 Å². The summed E-state index contributed by atoms with van der Waals surface area (Å²) in [5.74, 6) is -0.167. The van der Waals surface area contributed by atoms with Crippen molar-refractivity contribution in [2.75, 3.05) is 0 Å². The number of amides is 1. The molecule has 2 N–H and O–H groups in total. The van der Waals surface area contributed by atoms with Crippen LogP contribution in [0.4, 0.5) is 0 Å². The molecule has 1 aliphatic rings. The molecule has 8 heteroatoms. The second-order valence-corrected chi connectivity index (χ2v) is 6.59. The molecule has 7 nitrogen and oxygen atoms in total. The normalized spacial score (nSPS) is 14.9. The number of carbonyl (C=O) groups excluding carboxylic acids is 1. The smallest absolute Gasteiger partial charge is 0.326 e. The molecule has 1 aliphatic carbocycles. The molecule has 1 atom stereocenters. The van der Waals surface area contributed by atoms with Crippen LogP contribution in [-0.2, 0) is 16.0 Å². The summed E-state index contributed by atoms with van der Waals surface area (Å²) in [6.07, 6.45) is 2.91. The third-order valence-corrected chi connectivity index (χ3v) is 4.29. The molecule has 1 aromatic heterocycles. The van der Waals surface area contributed by atoms with Crippen molar-refractivity contribution in [3.8, 4) is 11.4 Å². The first kappa shape index (κ1) is 17.4. The Morgan fingerprint density at radius 1 is 1.32 bits per heavy atom. The van der Waals surface area contributed by atoms with Gasteiger partial charge in [0.2, 0.25) is 17.6 Å². The van der Waals surface area contributed by atoms with Gasteiger partial charge >= 0.3 is 5.97 Å². The van der Waals surface area contributed by atoms with Crippen molar-refractivity contribution in [2.45, 2.75) is 38.1 Å². The van der Waals surface area contributed by atoms with Gasteiger partial charge in [-0.3, -0.25) is 4.79 Å². The molecule has 1 saturated carbocycles. The van der Waals surface area contributed by atoms with E-state index < -0.39 is 12.0 Å². The average molecular weight is 364 g/mol. The summed E-state index contributed by atoms with van der Waals surface area (Å²) in [6, 6.07) is 6.18. The summed E-state index contributed by atoms with van der Waals surface area (Å²) in [7, 11) is 0. The van der Waals surface area contributed by atoms with Gasteiger partial charge in [0.15, 0.2) is 0 Å². The van der Waals surface area contributed by atoms with Gasteiger partial charge in [-0.15, -0.1) is 0 Å². The molecule has 1 heterocycles. The molecule has 25 heavy (non-hydrogen) atoms. The Kier molecular flexibility index (Phi) is 5.33. The first-order valence-electron chi connectivity index (χ1n) is 8.12. The van der Waals surface area contributed by atoms with E-state index in [0.717, 1.165) is 18.4 Å². The topological polar surface area (TPSA) is 105 Å². The van der Waals surface area contributed by atoms with Crippen LogP contribution in [0.25, 0.3) is 11.4 Å². The predicted molar refractivity (Wildman–Crippen MR) is 90.0 cm³/mol. The average Bonchev–Trinajstić information content (AvgIpc) is 3.28.